The summed E-state index contributed by atoms with van der Waals surface area (Å²) in [7, 11) is 0. The van der Waals surface area contributed by atoms with E-state index >= 15 is 4.39 Å². The summed E-state index contributed by atoms with van der Waals surface area (Å²) in [6.45, 7) is 1.35. The number of nitrogens with one attached hydrogen (secondary N) is 1. The molecule has 35 heavy (non-hydrogen) atoms. The normalized spacial score (nSPS) is 18.5. The van der Waals surface area contributed by atoms with Crippen molar-refractivity contribution in [2.24, 2.45) is 0 Å². The smallest absolute Gasteiger partial charge is 0.414 e. The van der Waals surface area contributed by atoms with Crippen molar-refractivity contribution < 1.29 is 32.3 Å². The Morgan fingerprint density at radius 1 is 1.14 bits per heavy atom. The van der Waals surface area contributed by atoms with Gasteiger partial charge in [-0.2, -0.15) is 8.78 Å². The van der Waals surface area contributed by atoms with Crippen molar-refractivity contribution in [3.8, 4) is 0 Å². The lowest BCUT2D eigenvalue weighted by Crippen LogP contribution is -2.37. The largest absolute Gasteiger partial charge is 0.442 e. The van der Waals surface area contributed by atoms with Gasteiger partial charge in [-0.3, -0.25) is 14.5 Å². The lowest BCUT2D eigenvalue weighted by molar-refractivity contribution is -0.132. The minimum atomic E-state index is -3.16. The Balaban J connectivity index is 1.38. The second kappa shape index (κ2) is 10.9. The quantitative estimate of drug-likeness (QED) is 0.602. The Kier molecular flexibility index (Phi) is 7.71. The monoisotopic (exact) mass is 508 g/mol. The highest BCUT2D eigenvalue weighted by atomic mass is 32.1. The second-order valence-corrected chi connectivity index (χ2v) is 8.28. The molecule has 1 N–H and O–H groups in total. The molecule has 2 aromatic rings. The fraction of sp³-hybridized carbons (Fsp3) is 0.348. The highest BCUT2D eigenvalue weighted by Gasteiger charge is 2.33. The Hall–Kier alpha value is -3.38. The molecule has 0 spiro atoms. The van der Waals surface area contributed by atoms with Crippen molar-refractivity contribution >= 4 is 40.6 Å². The minimum Gasteiger partial charge on any atom is -0.442 e. The van der Waals surface area contributed by atoms with Gasteiger partial charge in [0.05, 0.1) is 37.6 Å². The molecule has 0 radical (unpaired) electrons. The van der Waals surface area contributed by atoms with Crippen molar-refractivity contribution in [1.29, 1.82) is 0 Å². The van der Waals surface area contributed by atoms with E-state index in [1.165, 1.54) is 11.0 Å². The van der Waals surface area contributed by atoms with E-state index in [2.05, 4.69) is 0 Å². The third kappa shape index (κ3) is 5.82. The summed E-state index contributed by atoms with van der Waals surface area (Å²) < 4.78 is 44.8. The van der Waals surface area contributed by atoms with Crippen LogP contribution in [-0.2, 0) is 14.4 Å². The number of carbonyl (C=O) groups is 2. The molecule has 2 aliphatic heterocycles. The molecule has 0 aliphatic carbocycles. The first-order valence-electron chi connectivity index (χ1n) is 10.9. The summed E-state index contributed by atoms with van der Waals surface area (Å²) in [6, 6.07) is 13.8. The molecule has 2 aliphatic rings. The predicted molar refractivity (Wildman–Crippen MR) is 126 cm³/mol. The highest BCUT2D eigenvalue weighted by molar-refractivity contribution is 7.80. The van der Waals surface area contributed by atoms with Gasteiger partial charge in [-0.15, -0.1) is 0 Å². The van der Waals surface area contributed by atoms with Crippen LogP contribution in [-0.4, -0.2) is 73.9 Å². The first-order valence-corrected chi connectivity index (χ1v) is 11.3. The van der Waals surface area contributed by atoms with Crippen LogP contribution in [0.1, 0.15) is 5.56 Å². The van der Waals surface area contributed by atoms with E-state index in [-0.39, 0.29) is 18.8 Å². The van der Waals surface area contributed by atoms with Crippen molar-refractivity contribution in [3.05, 3.63) is 59.9 Å². The number of hydrogen-bond donors (Lipinski definition) is 1. The zero-order valence-electron chi connectivity index (χ0n) is 18.5. The number of nitrogens with zero attached hydrogens (tertiary/aromatic N) is 3. The molecule has 0 unspecified atom stereocenters. The molecule has 0 bridgehead atoms. The van der Waals surface area contributed by atoms with Gasteiger partial charge >= 0.3 is 12.5 Å². The maximum absolute atomic E-state index is 15.1. The third-order valence-corrected chi connectivity index (χ3v) is 6.03. The third-order valence-electron chi connectivity index (χ3n) is 5.59. The molecule has 0 saturated carbocycles. The summed E-state index contributed by atoms with van der Waals surface area (Å²) in [6.07, 6.45) is -4.73. The Morgan fingerprint density at radius 3 is 2.63 bits per heavy atom. The maximum atomic E-state index is 15.1. The van der Waals surface area contributed by atoms with Crippen LogP contribution < -0.4 is 15.1 Å². The summed E-state index contributed by atoms with van der Waals surface area (Å²) in [5, 5.41) is 3.64. The van der Waals surface area contributed by atoms with Gasteiger partial charge in [0.25, 0.3) is 5.91 Å². The van der Waals surface area contributed by atoms with E-state index in [9.17, 15) is 18.4 Å². The van der Waals surface area contributed by atoms with Crippen LogP contribution >= 0.6 is 12.2 Å². The van der Waals surface area contributed by atoms with Crippen LogP contribution in [0.4, 0.5) is 29.3 Å². The van der Waals surface area contributed by atoms with Crippen LogP contribution in [0.15, 0.2) is 48.5 Å². The summed E-state index contributed by atoms with van der Waals surface area (Å²) >= 11 is 5.53. The molecular weight excluding hydrogens is 485 g/mol. The van der Waals surface area contributed by atoms with E-state index < -0.39 is 30.3 Å². The molecule has 12 heteroatoms. The molecule has 2 aromatic carbocycles. The topological polar surface area (TPSA) is 74.4 Å². The molecule has 0 aromatic heterocycles. The van der Waals surface area contributed by atoms with E-state index in [4.69, 9.17) is 21.8 Å². The van der Waals surface area contributed by atoms with Gasteiger partial charge in [0.2, 0.25) is 0 Å². The predicted octanol–water partition coefficient (Wildman–Crippen LogP) is 2.96. The molecule has 4 rings (SSSR count). The highest BCUT2D eigenvalue weighted by Crippen LogP contribution is 2.28. The van der Waals surface area contributed by atoms with Crippen molar-refractivity contribution in [2.75, 3.05) is 49.1 Å². The number of rotatable bonds is 6. The number of benzene rings is 2. The molecular formula is C23H23F3N4O4S. The zero-order valence-corrected chi connectivity index (χ0v) is 19.3. The first-order chi connectivity index (χ1) is 16.8. The summed E-state index contributed by atoms with van der Waals surface area (Å²) in [5.74, 6) is -1.98. The Morgan fingerprint density at radius 2 is 1.91 bits per heavy atom. The minimum absolute atomic E-state index is 0.00934. The molecule has 2 heterocycles. The lowest BCUT2D eigenvalue weighted by atomic mass is 10.2. The lowest BCUT2D eigenvalue weighted by Gasteiger charge is -2.24. The van der Waals surface area contributed by atoms with Crippen LogP contribution in [0.25, 0.3) is 0 Å². The van der Waals surface area contributed by atoms with Gasteiger partial charge in [-0.1, -0.05) is 42.5 Å². The Bertz CT molecular complexity index is 1090. The number of thiocarbonyl (C=S) groups is 1. The van der Waals surface area contributed by atoms with Gasteiger partial charge in [-0.05, 0) is 18.2 Å². The van der Waals surface area contributed by atoms with E-state index in [1.54, 1.807) is 17.2 Å². The summed E-state index contributed by atoms with van der Waals surface area (Å²) in [5.41, 5.74) is 1.46. The SMILES string of the molecule is O=C(NC[C@H]1CN(c2ccc(N3CCON(C(=S)c4ccccc4)CC3)c(F)c2)C(=O)O1)C(F)F. The van der Waals surface area contributed by atoms with E-state index in [1.807, 2.05) is 40.5 Å². The van der Waals surface area contributed by atoms with E-state index in [0.29, 0.717) is 36.9 Å². The van der Waals surface area contributed by atoms with Crippen LogP contribution in [0.3, 0.4) is 0 Å². The number of hydroxylamine groups is 2. The Labute approximate surface area is 205 Å². The van der Waals surface area contributed by atoms with Crippen LogP contribution in [0, 0.1) is 5.82 Å². The molecule has 2 amide bonds. The molecule has 8 nitrogen and oxygen atoms in total. The standard InChI is InChI=1S/C23H23F3N4O4S/c24-18-12-16(29-14-17(34-23(29)32)13-27-21(31)20(25)26)6-7-19(18)28-8-9-30(33-11-10-28)22(35)15-4-2-1-3-5-15/h1-7,12,17,20H,8-11,13-14H2,(H,27,31)/t17-/m0/s1. The molecule has 186 valence electrons. The van der Waals surface area contributed by atoms with Crippen molar-refractivity contribution in [3.63, 3.8) is 0 Å². The second-order valence-electron chi connectivity index (χ2n) is 7.89. The number of ether oxygens (including phenoxy) is 1. The van der Waals surface area contributed by atoms with Gasteiger partial charge in [-0.25, -0.2) is 14.2 Å². The molecule has 1 atom stereocenters. The van der Waals surface area contributed by atoms with Crippen molar-refractivity contribution in [1.82, 2.24) is 10.4 Å². The zero-order chi connectivity index (χ0) is 24.9. The van der Waals surface area contributed by atoms with Gasteiger partial charge in [0, 0.05) is 18.7 Å². The fourth-order valence-corrected chi connectivity index (χ4v) is 4.11. The fourth-order valence-electron chi connectivity index (χ4n) is 3.83. The van der Waals surface area contributed by atoms with Crippen LogP contribution in [0.2, 0.25) is 0 Å². The number of alkyl halides is 2. The number of carbonyl (C=O) groups excluding carboxylic acids is 2. The summed E-state index contributed by atoms with van der Waals surface area (Å²) in [4.78, 5) is 32.6. The van der Waals surface area contributed by atoms with Gasteiger partial charge < -0.3 is 15.0 Å². The average Bonchev–Trinajstić information content (AvgIpc) is 3.06. The van der Waals surface area contributed by atoms with E-state index in [0.717, 1.165) is 5.56 Å². The number of halogens is 3. The van der Waals surface area contributed by atoms with Gasteiger partial charge in [0.1, 0.15) is 16.9 Å². The maximum Gasteiger partial charge on any atom is 0.414 e. The number of cyclic esters (lactones) is 1. The van der Waals surface area contributed by atoms with Gasteiger partial charge in [0.15, 0.2) is 0 Å². The first kappa shape index (κ1) is 24.7. The average molecular weight is 509 g/mol. The van der Waals surface area contributed by atoms with Crippen LogP contribution in [0.5, 0.6) is 0 Å². The van der Waals surface area contributed by atoms with Crippen molar-refractivity contribution in [2.45, 2.75) is 12.5 Å². The number of anilines is 2. The molecule has 2 fully saturated rings. The number of hydrogen-bond acceptors (Lipinski definition) is 6. The molecule has 2 saturated heterocycles. The number of amides is 2.